The Hall–Kier alpha value is -3.55. The van der Waals surface area contributed by atoms with E-state index >= 15 is 0 Å². The number of benzene rings is 4. The van der Waals surface area contributed by atoms with Crippen LogP contribution in [0.1, 0.15) is 10.4 Å². The van der Waals surface area contributed by atoms with E-state index in [1.807, 2.05) is 61.8 Å². The molecule has 0 aliphatic carbocycles. The number of hydrogen-bond donors (Lipinski definition) is 3. The quantitative estimate of drug-likeness (QED) is 0.291. The van der Waals surface area contributed by atoms with E-state index in [9.17, 15) is 4.79 Å². The van der Waals surface area contributed by atoms with Gasteiger partial charge in [0.05, 0.1) is 21.1 Å². The molecule has 0 saturated heterocycles. The van der Waals surface area contributed by atoms with Crippen molar-refractivity contribution in [2.75, 3.05) is 7.05 Å². The molecule has 4 aromatic rings. The Morgan fingerprint density at radius 1 is 0.703 bits per heavy atom. The molecule has 0 heterocycles. The van der Waals surface area contributed by atoms with Gasteiger partial charge in [-0.15, -0.1) is 0 Å². The minimum atomic E-state index is -4.69. The highest BCUT2D eigenvalue weighted by atomic mass is 35.7. The molecule has 3 N–H and O–H groups in total. The third kappa shape index (κ3) is 7.47. The van der Waals surface area contributed by atoms with Crippen molar-refractivity contribution in [2.45, 2.75) is 0 Å². The van der Waals surface area contributed by atoms with Gasteiger partial charge in [0.2, 0.25) is 0 Å². The summed E-state index contributed by atoms with van der Waals surface area (Å²) in [6.07, 6.45) is 1.93. The first-order valence-electron chi connectivity index (χ1n) is 11.2. The fraction of sp³-hybridized carbons (Fsp3) is 0.0357. The number of hydrogen-bond acceptors (Lipinski definition) is 6. The van der Waals surface area contributed by atoms with Gasteiger partial charge in [-0.3, -0.25) is 10.1 Å². The Bertz CT molecular complexity index is 1180. The Kier molecular flexibility index (Phi) is 9.94. The summed E-state index contributed by atoms with van der Waals surface area (Å²) in [6.45, 7) is 0. The molecule has 0 bridgehead atoms. The van der Waals surface area contributed by atoms with Crippen LogP contribution in [0.25, 0.3) is 0 Å². The second-order valence-corrected chi connectivity index (χ2v) is 11.9. The molecule has 0 aromatic heterocycles. The van der Waals surface area contributed by atoms with E-state index < -0.39 is 17.5 Å². The molecule has 9 heteroatoms. The number of rotatable bonds is 7. The molecule has 0 spiro atoms. The SMILES string of the molecule is CN/C=C(\NC(=O)c1ccccc1)[P+](c1ccccc1)(c1ccccc1)c1ccccc1.[O-][Cl+3]([O-])([O-])O. The first-order chi connectivity index (χ1) is 17.8. The van der Waals surface area contributed by atoms with Gasteiger partial charge in [0, 0.05) is 12.6 Å². The summed E-state index contributed by atoms with van der Waals surface area (Å²) >= 11 is 0. The first-order valence-corrected chi connectivity index (χ1v) is 14.3. The molecule has 4 aromatic carbocycles. The van der Waals surface area contributed by atoms with E-state index in [-0.39, 0.29) is 5.91 Å². The van der Waals surface area contributed by atoms with Gasteiger partial charge in [0.25, 0.3) is 5.91 Å². The van der Waals surface area contributed by atoms with Gasteiger partial charge in [-0.2, -0.15) is 14.0 Å². The highest BCUT2D eigenvalue weighted by Gasteiger charge is 2.50. The van der Waals surface area contributed by atoms with Gasteiger partial charge in [0.15, 0.2) is 12.7 Å². The third-order valence-electron chi connectivity index (χ3n) is 5.35. The highest BCUT2D eigenvalue weighted by Crippen LogP contribution is 2.61. The van der Waals surface area contributed by atoms with E-state index in [0.29, 0.717) is 5.56 Å². The average molecular weight is 538 g/mol. The standard InChI is InChI=1S/C28H25N2OP.ClHO4/c1-29-22-27(30-28(31)23-14-6-2-7-15-23)32(24-16-8-3-9-17-24,25-18-10-4-11-19-25)26-20-12-5-13-21-26;2-1(3,4)5/h2-22,29H,1H3;(H,2,3,4,5)/p+1/b27-22+;. The van der Waals surface area contributed by atoms with Crippen molar-refractivity contribution in [1.29, 1.82) is 0 Å². The number of carbonyl (C=O) groups excluding carboxylic acids is 1. The van der Waals surface area contributed by atoms with Crippen LogP contribution in [0.3, 0.4) is 0 Å². The predicted molar refractivity (Wildman–Crippen MR) is 138 cm³/mol. The van der Waals surface area contributed by atoms with Crippen LogP contribution in [0.15, 0.2) is 133 Å². The molecule has 0 saturated carbocycles. The van der Waals surface area contributed by atoms with Gasteiger partial charge in [0.1, 0.15) is 15.9 Å². The molecule has 0 radical (unpaired) electrons. The van der Waals surface area contributed by atoms with Crippen molar-refractivity contribution in [3.05, 3.63) is 139 Å². The molecule has 1 amide bonds. The Balaban J connectivity index is 0.000000695. The second kappa shape index (κ2) is 13.1. The lowest BCUT2D eigenvalue weighted by Crippen LogP contribution is -2.58. The predicted octanol–water partition coefficient (Wildman–Crippen LogP) is 0.305. The molecule has 0 unspecified atom stereocenters. The van der Waals surface area contributed by atoms with Crippen molar-refractivity contribution >= 4 is 29.1 Å². The molecule has 0 atom stereocenters. The molecule has 0 aliphatic heterocycles. The lowest BCUT2D eigenvalue weighted by atomic mass is 10.2. The van der Waals surface area contributed by atoms with Crippen LogP contribution in [0.5, 0.6) is 0 Å². The zero-order valence-electron chi connectivity index (χ0n) is 20.0. The molecule has 0 fully saturated rings. The van der Waals surface area contributed by atoms with E-state index in [0.717, 1.165) is 5.44 Å². The van der Waals surface area contributed by atoms with E-state index in [1.54, 1.807) is 0 Å². The maximum absolute atomic E-state index is 13.3. The Morgan fingerprint density at radius 3 is 1.35 bits per heavy atom. The summed E-state index contributed by atoms with van der Waals surface area (Å²) in [4.78, 5) is 13.3. The lowest BCUT2D eigenvalue weighted by molar-refractivity contribution is -1.92. The zero-order valence-corrected chi connectivity index (χ0v) is 21.7. The largest absolute Gasteiger partial charge is 0.389 e. The normalized spacial score (nSPS) is 11.6. The maximum Gasteiger partial charge on any atom is 0.258 e. The molecule has 7 nitrogen and oxygen atoms in total. The molecule has 0 aliphatic rings. The van der Waals surface area contributed by atoms with E-state index in [1.165, 1.54) is 15.9 Å². The summed E-state index contributed by atoms with van der Waals surface area (Å²) in [5.74, 6) is -0.126. The first kappa shape index (κ1) is 28.0. The lowest BCUT2D eigenvalue weighted by Gasteiger charge is -2.29. The van der Waals surface area contributed by atoms with Gasteiger partial charge < -0.3 is 5.32 Å². The number of amides is 1. The molecule has 37 heavy (non-hydrogen) atoms. The van der Waals surface area contributed by atoms with E-state index in [4.69, 9.17) is 18.6 Å². The van der Waals surface area contributed by atoms with Crippen LogP contribution in [0.4, 0.5) is 0 Å². The van der Waals surface area contributed by atoms with Crippen LogP contribution in [0, 0.1) is 10.2 Å². The highest BCUT2D eigenvalue weighted by molar-refractivity contribution is 7.99. The van der Waals surface area contributed by atoms with Gasteiger partial charge in [-0.05, 0) is 48.5 Å². The molecule has 190 valence electrons. The van der Waals surface area contributed by atoms with Crippen molar-refractivity contribution in [3.8, 4) is 0 Å². The maximum atomic E-state index is 13.3. The van der Waals surface area contributed by atoms with Crippen molar-refractivity contribution in [2.24, 2.45) is 0 Å². The number of carbonyl (C=O) groups is 1. The van der Waals surface area contributed by atoms with Crippen LogP contribution < -0.4 is 40.5 Å². The number of halogens is 1. The van der Waals surface area contributed by atoms with Crippen LogP contribution in [-0.2, 0) is 0 Å². The Morgan fingerprint density at radius 2 is 1.03 bits per heavy atom. The summed E-state index contributed by atoms with van der Waals surface area (Å²) in [7, 11) is -5.22. The summed E-state index contributed by atoms with van der Waals surface area (Å²) in [6, 6.07) is 40.7. The smallest absolute Gasteiger partial charge is 0.258 e. The summed E-state index contributed by atoms with van der Waals surface area (Å²) in [5.41, 5.74) is 1.49. The van der Waals surface area contributed by atoms with Gasteiger partial charge in [-0.25, -0.2) is 0 Å². The Labute approximate surface area is 218 Å². The van der Waals surface area contributed by atoms with Crippen molar-refractivity contribution in [3.63, 3.8) is 0 Å². The summed E-state index contributed by atoms with van der Waals surface area (Å²) < 4.78 is 32.7. The number of nitrogens with one attached hydrogen (secondary N) is 2. The molecular weight excluding hydrogens is 511 g/mol. The van der Waals surface area contributed by atoms with E-state index in [2.05, 4.69) is 83.4 Å². The fourth-order valence-corrected chi connectivity index (χ4v) is 8.13. The van der Waals surface area contributed by atoms with Crippen LogP contribution >= 0.6 is 7.26 Å². The monoisotopic (exact) mass is 537 g/mol. The topological polar surface area (TPSA) is 131 Å². The van der Waals surface area contributed by atoms with Crippen molar-refractivity contribution in [1.82, 2.24) is 10.6 Å². The second-order valence-electron chi connectivity index (χ2n) is 7.71. The third-order valence-corrected chi connectivity index (χ3v) is 9.53. The minimum absolute atomic E-state index is 0.126. The van der Waals surface area contributed by atoms with Crippen LogP contribution in [-0.4, -0.2) is 17.6 Å². The van der Waals surface area contributed by atoms with Crippen LogP contribution in [0.2, 0.25) is 0 Å². The zero-order chi connectivity index (χ0) is 26.7. The minimum Gasteiger partial charge on any atom is -0.389 e. The van der Waals surface area contributed by atoms with Gasteiger partial charge >= 0.3 is 0 Å². The fourth-order valence-electron chi connectivity index (χ4n) is 3.95. The molecule has 4 rings (SSSR count). The average Bonchev–Trinajstić information content (AvgIpc) is 2.91. The molecular formula is C28H27ClN2O5P+. The summed E-state index contributed by atoms with van der Waals surface area (Å²) in [5, 5.41) is 9.99. The van der Waals surface area contributed by atoms with Crippen molar-refractivity contribution < 1.29 is 33.7 Å². The van der Waals surface area contributed by atoms with Gasteiger partial charge in [-0.1, -0.05) is 72.8 Å².